The number of nitrogens with zero attached hydrogens (tertiary/aromatic N) is 4. The molecule has 0 saturated carbocycles. The topological polar surface area (TPSA) is 195 Å². The summed E-state index contributed by atoms with van der Waals surface area (Å²) in [6.07, 6.45) is -0.149. The minimum atomic E-state index is -3.69. The number of aromatic amines is 1. The number of anilines is 1. The van der Waals surface area contributed by atoms with E-state index in [2.05, 4.69) is 24.9 Å². The van der Waals surface area contributed by atoms with Gasteiger partial charge in [0.05, 0.1) is 43.7 Å². The van der Waals surface area contributed by atoms with Gasteiger partial charge in [0.2, 0.25) is 0 Å². The second kappa shape index (κ2) is 20.5. The third-order valence-electron chi connectivity index (χ3n) is 12.8. The lowest BCUT2D eigenvalue weighted by atomic mass is 9.80. The van der Waals surface area contributed by atoms with Crippen molar-refractivity contribution in [2.45, 2.75) is 60.3 Å². The van der Waals surface area contributed by atoms with Crippen molar-refractivity contribution in [2.75, 3.05) is 45.0 Å². The van der Waals surface area contributed by atoms with E-state index in [9.17, 15) is 18.0 Å². The molecule has 7 aromatic rings. The number of ether oxygens (including phenoxy) is 5. The van der Waals surface area contributed by atoms with Crippen LogP contribution in [0.4, 0.5) is 5.82 Å². The molecule has 10 rings (SSSR count). The third-order valence-corrected chi connectivity index (χ3v) is 16.4. The minimum absolute atomic E-state index is 0.0542. The smallest absolute Gasteiger partial charge is 0.329 e. The van der Waals surface area contributed by atoms with Crippen LogP contribution in [0.5, 0.6) is 17.2 Å². The molecule has 3 saturated heterocycles. The van der Waals surface area contributed by atoms with Gasteiger partial charge in [-0.1, -0.05) is 91.0 Å². The Hall–Kier alpha value is -6.50. The SMILES string of the molecule is COc1ccc(C(OC[C@H]2O[C@@H](n3c(=O)[nH]c4c(NC(=O)COc5ccccc5)ncnc43)C[C@@H]2O[P@]2O[C@H](CS(=O)(=O)c3ccccc3)[C@@H]3CCCN32)(c2ccccc2)c2ccc(OC)cc2)cc1. The van der Waals surface area contributed by atoms with Gasteiger partial charge < -0.3 is 43.0 Å². The Morgan fingerprint density at radius 3 is 2.10 bits per heavy atom. The number of imidazole rings is 1. The molecule has 3 aliphatic heterocycles. The van der Waals surface area contributed by atoms with Gasteiger partial charge in [0.15, 0.2) is 27.9 Å². The maximum absolute atomic E-state index is 14.1. The van der Waals surface area contributed by atoms with E-state index in [1.165, 1.54) is 10.9 Å². The molecular formula is C51H51N6O11PS. The van der Waals surface area contributed by atoms with Crippen LogP contribution in [0.15, 0.2) is 156 Å². The zero-order chi connectivity index (χ0) is 48.2. The number of benzene rings is 5. The number of carbonyl (C=O) groups is 1. The van der Waals surface area contributed by atoms with Crippen LogP contribution in [-0.2, 0) is 38.8 Å². The fourth-order valence-corrected chi connectivity index (χ4v) is 13.0. The van der Waals surface area contributed by atoms with E-state index in [1.54, 1.807) is 68.8 Å². The number of carbonyl (C=O) groups excluding carboxylic acids is 1. The lowest BCUT2D eigenvalue weighted by Gasteiger charge is -2.37. The molecule has 0 aliphatic carbocycles. The number of para-hydroxylation sites is 1. The Bertz CT molecular complexity index is 3030. The van der Waals surface area contributed by atoms with Crippen molar-refractivity contribution in [3.63, 3.8) is 0 Å². The molecule has 70 heavy (non-hydrogen) atoms. The number of fused-ring (bicyclic) bond motifs is 2. The standard InChI is InChI=1S/C51H51N6O11PS/c1-62-37-24-20-35(21-25-37)51(34-13-6-3-7-14-34,36-22-26-38(63-2)27-23-36)65-30-43-42(67-69-56-28-12-19-41(56)44(68-69)32-70(60,61)40-17-10-5-11-18-40)29-46(66-43)57-49-47(55-50(57)59)48(52-33-53-49)54-45(58)31-64-39-15-8-4-9-16-39/h3-11,13-18,20-27,33,41-44,46H,12,19,28-32H2,1-2H3,(H,55,59)(H,52,53,54,58)/t41-,42-,43+,44+,46+,69+/m0/s1. The Labute approximate surface area is 405 Å². The quantitative estimate of drug-likeness (QED) is 0.0638. The number of hydrogen-bond acceptors (Lipinski definition) is 14. The molecule has 1 amide bonds. The van der Waals surface area contributed by atoms with Crippen LogP contribution in [0, 0.1) is 0 Å². The number of aromatic nitrogens is 4. The monoisotopic (exact) mass is 986 g/mol. The summed E-state index contributed by atoms with van der Waals surface area (Å²) in [4.78, 5) is 39.0. The van der Waals surface area contributed by atoms with Gasteiger partial charge >= 0.3 is 5.69 Å². The largest absolute Gasteiger partial charge is 0.497 e. The maximum Gasteiger partial charge on any atom is 0.329 e. The van der Waals surface area contributed by atoms with Crippen LogP contribution in [0.2, 0.25) is 0 Å². The van der Waals surface area contributed by atoms with Crippen LogP contribution in [0.3, 0.4) is 0 Å². The van der Waals surface area contributed by atoms with Gasteiger partial charge in [0.25, 0.3) is 14.4 Å². The van der Waals surface area contributed by atoms with Gasteiger partial charge in [-0.25, -0.2) is 32.4 Å². The van der Waals surface area contributed by atoms with E-state index in [1.807, 2.05) is 84.9 Å². The molecule has 6 atom stereocenters. The predicted molar refractivity (Wildman–Crippen MR) is 260 cm³/mol. The minimum Gasteiger partial charge on any atom is -0.497 e. The van der Waals surface area contributed by atoms with Gasteiger partial charge in [-0.2, -0.15) is 0 Å². The van der Waals surface area contributed by atoms with E-state index in [4.69, 9.17) is 32.7 Å². The van der Waals surface area contributed by atoms with Crippen LogP contribution in [-0.4, -0.2) is 103 Å². The number of rotatable bonds is 18. The Morgan fingerprint density at radius 1 is 0.814 bits per heavy atom. The van der Waals surface area contributed by atoms with Crippen molar-refractivity contribution >= 4 is 41.3 Å². The molecule has 2 aromatic heterocycles. The molecule has 0 spiro atoms. The van der Waals surface area contributed by atoms with Crippen molar-refractivity contribution in [2.24, 2.45) is 0 Å². The van der Waals surface area contributed by atoms with Gasteiger partial charge in [-0.15, -0.1) is 0 Å². The fourth-order valence-electron chi connectivity index (χ4n) is 9.42. The second-order valence-corrected chi connectivity index (χ2v) is 20.5. The molecule has 5 aromatic carbocycles. The summed E-state index contributed by atoms with van der Waals surface area (Å²) in [6.45, 7) is 0.305. The van der Waals surface area contributed by atoms with E-state index < -0.39 is 60.1 Å². The Balaban J connectivity index is 0.991. The summed E-state index contributed by atoms with van der Waals surface area (Å²) in [5.41, 5.74) is 1.03. The van der Waals surface area contributed by atoms with Gasteiger partial charge in [-0.3, -0.25) is 4.79 Å². The molecule has 0 bridgehead atoms. The zero-order valence-electron chi connectivity index (χ0n) is 38.3. The number of hydrogen-bond donors (Lipinski definition) is 2. The average molecular weight is 987 g/mol. The highest BCUT2D eigenvalue weighted by Gasteiger charge is 2.52. The van der Waals surface area contributed by atoms with Gasteiger partial charge in [0, 0.05) is 19.0 Å². The highest BCUT2D eigenvalue weighted by Crippen LogP contribution is 2.58. The third kappa shape index (κ3) is 9.55. The number of H-pyrrole nitrogens is 1. The molecule has 0 radical (unpaired) electrons. The number of amides is 1. The molecule has 2 N–H and O–H groups in total. The number of methoxy groups -OCH3 is 2. The summed E-state index contributed by atoms with van der Waals surface area (Å²) in [7, 11) is -2.26. The first kappa shape index (κ1) is 47.2. The van der Waals surface area contributed by atoms with E-state index in [0.717, 1.165) is 29.5 Å². The Morgan fingerprint density at radius 2 is 1.44 bits per heavy atom. The highest BCUT2D eigenvalue weighted by atomic mass is 32.2. The molecular weight excluding hydrogens is 936 g/mol. The summed E-state index contributed by atoms with van der Waals surface area (Å²) < 4.78 is 75.6. The first-order valence-corrected chi connectivity index (χ1v) is 25.7. The molecule has 362 valence electrons. The summed E-state index contributed by atoms with van der Waals surface area (Å²) in [5, 5.41) is 2.74. The number of nitrogens with one attached hydrogen (secondary N) is 2. The normalized spacial score (nSPS) is 21.4. The van der Waals surface area contributed by atoms with Crippen LogP contribution in [0.1, 0.15) is 42.2 Å². The van der Waals surface area contributed by atoms with Crippen molar-refractivity contribution in [1.29, 1.82) is 0 Å². The van der Waals surface area contributed by atoms with Crippen molar-refractivity contribution in [3.05, 3.63) is 173 Å². The lowest BCUT2D eigenvalue weighted by Crippen LogP contribution is -2.38. The molecule has 0 unspecified atom stereocenters. The average Bonchev–Trinajstić information content (AvgIpc) is 4.19. The zero-order valence-corrected chi connectivity index (χ0v) is 40.0. The van der Waals surface area contributed by atoms with E-state index >= 15 is 0 Å². The van der Waals surface area contributed by atoms with Crippen molar-refractivity contribution < 1.29 is 45.9 Å². The lowest BCUT2D eigenvalue weighted by molar-refractivity contribution is -0.118. The molecule has 3 fully saturated rings. The summed E-state index contributed by atoms with van der Waals surface area (Å²) in [5.74, 6) is 1.23. The first-order valence-electron chi connectivity index (χ1n) is 22.9. The molecule has 17 nitrogen and oxygen atoms in total. The van der Waals surface area contributed by atoms with Crippen LogP contribution < -0.4 is 25.2 Å². The van der Waals surface area contributed by atoms with Gasteiger partial charge in [0.1, 0.15) is 47.0 Å². The maximum atomic E-state index is 14.1. The molecule has 5 heterocycles. The first-order chi connectivity index (χ1) is 34.1. The van der Waals surface area contributed by atoms with Crippen LogP contribution in [0.25, 0.3) is 11.2 Å². The summed E-state index contributed by atoms with van der Waals surface area (Å²) >= 11 is 0. The molecule has 3 aliphatic rings. The second-order valence-electron chi connectivity index (χ2n) is 17.0. The fraction of sp³-hybridized carbons (Fsp3) is 0.294. The van der Waals surface area contributed by atoms with Crippen LogP contribution >= 0.6 is 8.53 Å². The van der Waals surface area contributed by atoms with Gasteiger partial charge in [-0.05, 0) is 78.1 Å². The van der Waals surface area contributed by atoms with E-state index in [0.29, 0.717) is 23.8 Å². The molecule has 19 heteroatoms. The number of sulfone groups is 1. The van der Waals surface area contributed by atoms with Crippen molar-refractivity contribution in [1.82, 2.24) is 24.2 Å². The Kier molecular flexibility index (Phi) is 13.8. The highest BCUT2D eigenvalue weighted by molar-refractivity contribution is 7.91. The van der Waals surface area contributed by atoms with Crippen molar-refractivity contribution in [3.8, 4) is 17.2 Å². The predicted octanol–water partition coefficient (Wildman–Crippen LogP) is 7.40. The summed E-state index contributed by atoms with van der Waals surface area (Å²) in [6, 6.07) is 42.4. The van der Waals surface area contributed by atoms with E-state index in [-0.39, 0.29) is 53.3 Å².